The highest BCUT2D eigenvalue weighted by Crippen LogP contribution is 2.39. The number of alkyl halides is 1. The second kappa shape index (κ2) is 6.67. The Labute approximate surface area is 137 Å². The van der Waals surface area contributed by atoms with Gasteiger partial charge in [0.25, 0.3) is 0 Å². The van der Waals surface area contributed by atoms with Crippen molar-refractivity contribution in [2.45, 2.75) is 11.8 Å². The minimum atomic E-state index is -0.427. The summed E-state index contributed by atoms with van der Waals surface area (Å²) in [4.78, 5) is -0.115. The molecule has 5 heteroatoms. The van der Waals surface area contributed by atoms with Crippen LogP contribution in [0, 0.1) is 12.7 Å². The second-order valence-electron chi connectivity index (χ2n) is 4.60. The Bertz CT molecular complexity index is 661. The van der Waals surface area contributed by atoms with Crippen LogP contribution in [0.1, 0.15) is 21.5 Å². The lowest BCUT2D eigenvalue weighted by atomic mass is 9.99. The van der Waals surface area contributed by atoms with E-state index >= 15 is 0 Å². The smallest absolute Gasteiger partial charge is 0.161 e. The Morgan fingerprint density at radius 3 is 2.29 bits per heavy atom. The minimum absolute atomic E-state index is 0.107. The van der Waals surface area contributed by atoms with Gasteiger partial charge in [-0.15, -0.1) is 0 Å². The Kier molecular flexibility index (Phi) is 5.12. The number of ether oxygens (including phenoxy) is 2. The predicted molar refractivity (Wildman–Crippen MR) is 86.5 cm³/mol. The predicted octanol–water partition coefficient (Wildman–Crippen LogP) is 5.29. The van der Waals surface area contributed by atoms with Crippen LogP contribution in [0.25, 0.3) is 0 Å². The van der Waals surface area contributed by atoms with Crippen molar-refractivity contribution in [2.24, 2.45) is 0 Å². The molecule has 1 atom stereocenters. The van der Waals surface area contributed by atoms with E-state index in [-0.39, 0.29) is 9.85 Å². The van der Waals surface area contributed by atoms with Crippen molar-refractivity contribution < 1.29 is 13.9 Å². The molecule has 2 aromatic rings. The van der Waals surface area contributed by atoms with Crippen molar-refractivity contribution in [3.8, 4) is 11.5 Å². The van der Waals surface area contributed by atoms with Crippen molar-refractivity contribution in [3.05, 3.63) is 57.9 Å². The van der Waals surface area contributed by atoms with Crippen molar-refractivity contribution in [1.29, 1.82) is 0 Å². The van der Waals surface area contributed by atoms with Crippen LogP contribution in [0.3, 0.4) is 0 Å². The molecule has 0 aliphatic heterocycles. The topological polar surface area (TPSA) is 18.5 Å². The molecule has 112 valence electrons. The van der Waals surface area contributed by atoms with E-state index in [9.17, 15) is 4.39 Å². The van der Waals surface area contributed by atoms with E-state index in [0.717, 1.165) is 16.7 Å². The molecule has 1 unspecified atom stereocenters. The monoisotopic (exact) mass is 372 g/mol. The Morgan fingerprint density at radius 2 is 1.71 bits per heavy atom. The van der Waals surface area contributed by atoms with Crippen molar-refractivity contribution in [3.63, 3.8) is 0 Å². The van der Waals surface area contributed by atoms with Gasteiger partial charge in [-0.25, -0.2) is 4.39 Å². The number of hydrogen-bond donors (Lipinski definition) is 0. The first kappa shape index (κ1) is 16.1. The van der Waals surface area contributed by atoms with Gasteiger partial charge in [0.2, 0.25) is 0 Å². The van der Waals surface area contributed by atoms with Gasteiger partial charge in [-0.3, -0.25) is 0 Å². The third-order valence-corrected chi connectivity index (χ3v) is 4.59. The van der Waals surface area contributed by atoms with Gasteiger partial charge in [0.15, 0.2) is 11.5 Å². The number of halogens is 3. The van der Waals surface area contributed by atoms with Gasteiger partial charge < -0.3 is 9.47 Å². The summed E-state index contributed by atoms with van der Waals surface area (Å²) in [6.45, 7) is 1.98. The third kappa shape index (κ3) is 3.33. The van der Waals surface area contributed by atoms with E-state index in [1.165, 1.54) is 6.07 Å². The van der Waals surface area contributed by atoms with Crippen LogP contribution in [-0.2, 0) is 0 Å². The van der Waals surface area contributed by atoms with Crippen LogP contribution in [0.4, 0.5) is 4.39 Å². The maximum atomic E-state index is 13.3. The molecule has 0 saturated carbocycles. The summed E-state index contributed by atoms with van der Waals surface area (Å²) >= 11 is 9.49. The third-order valence-electron chi connectivity index (χ3n) is 3.28. The van der Waals surface area contributed by atoms with Gasteiger partial charge in [0, 0.05) is 0 Å². The molecule has 0 radical (unpaired) electrons. The quantitative estimate of drug-likeness (QED) is 0.678. The molecule has 21 heavy (non-hydrogen) atoms. The highest BCUT2D eigenvalue weighted by molar-refractivity contribution is 9.09. The van der Waals surface area contributed by atoms with Crippen molar-refractivity contribution >= 4 is 27.5 Å². The maximum absolute atomic E-state index is 13.3. The van der Waals surface area contributed by atoms with Crippen molar-refractivity contribution in [2.75, 3.05) is 14.2 Å². The zero-order chi connectivity index (χ0) is 15.6. The average molecular weight is 374 g/mol. The van der Waals surface area contributed by atoms with Gasteiger partial charge in [-0.05, 0) is 47.9 Å². The van der Waals surface area contributed by atoms with Gasteiger partial charge >= 0.3 is 0 Å². The van der Waals surface area contributed by atoms with Crippen LogP contribution in [0.2, 0.25) is 5.02 Å². The molecule has 0 aliphatic carbocycles. The Morgan fingerprint density at radius 1 is 1.10 bits per heavy atom. The summed E-state index contributed by atoms with van der Waals surface area (Å²) in [5.74, 6) is 0.899. The van der Waals surface area contributed by atoms with Crippen LogP contribution < -0.4 is 9.47 Å². The molecule has 0 amide bonds. The molecule has 0 spiro atoms. The van der Waals surface area contributed by atoms with Gasteiger partial charge in [-0.2, -0.15) is 0 Å². The molecule has 0 fully saturated rings. The zero-order valence-electron chi connectivity index (χ0n) is 11.9. The van der Waals surface area contributed by atoms with Crippen LogP contribution >= 0.6 is 27.5 Å². The highest BCUT2D eigenvalue weighted by atomic mass is 79.9. The minimum Gasteiger partial charge on any atom is -0.493 e. The first-order valence-corrected chi connectivity index (χ1v) is 7.58. The second-order valence-corrected chi connectivity index (χ2v) is 5.92. The summed E-state index contributed by atoms with van der Waals surface area (Å²) in [6.07, 6.45) is 0. The Balaban J connectivity index is 2.47. The summed E-state index contributed by atoms with van der Waals surface area (Å²) < 4.78 is 23.9. The lowest BCUT2D eigenvalue weighted by molar-refractivity contribution is 0.354. The van der Waals surface area contributed by atoms with E-state index in [1.54, 1.807) is 26.4 Å². The largest absolute Gasteiger partial charge is 0.493 e. The molecule has 0 aromatic heterocycles. The maximum Gasteiger partial charge on any atom is 0.161 e. The Hall–Kier alpha value is -1.26. The summed E-state index contributed by atoms with van der Waals surface area (Å²) in [7, 11) is 3.19. The molecule has 2 aromatic carbocycles. The molecular formula is C16H15BrClFO2. The van der Waals surface area contributed by atoms with Gasteiger partial charge in [0.05, 0.1) is 24.1 Å². The van der Waals surface area contributed by atoms with E-state index < -0.39 is 5.82 Å². The van der Waals surface area contributed by atoms with Gasteiger partial charge in [-0.1, -0.05) is 33.6 Å². The molecule has 0 N–H and O–H groups in total. The molecule has 0 aliphatic rings. The highest BCUT2D eigenvalue weighted by Gasteiger charge is 2.17. The number of methoxy groups -OCH3 is 2. The lowest BCUT2D eigenvalue weighted by Crippen LogP contribution is -2.00. The van der Waals surface area contributed by atoms with E-state index in [2.05, 4.69) is 15.9 Å². The summed E-state index contributed by atoms with van der Waals surface area (Å²) in [5.41, 5.74) is 2.92. The number of benzene rings is 2. The van der Waals surface area contributed by atoms with Gasteiger partial charge in [0.1, 0.15) is 5.82 Å². The fourth-order valence-electron chi connectivity index (χ4n) is 2.12. The normalized spacial score (nSPS) is 12.1. The van der Waals surface area contributed by atoms with E-state index in [4.69, 9.17) is 21.1 Å². The van der Waals surface area contributed by atoms with Crippen LogP contribution in [0.5, 0.6) is 11.5 Å². The van der Waals surface area contributed by atoms with Crippen molar-refractivity contribution in [1.82, 2.24) is 0 Å². The zero-order valence-corrected chi connectivity index (χ0v) is 14.3. The van der Waals surface area contributed by atoms with E-state index in [1.807, 2.05) is 19.1 Å². The first-order valence-electron chi connectivity index (χ1n) is 6.29. The molecule has 2 nitrogen and oxygen atoms in total. The molecule has 0 heterocycles. The molecule has 0 saturated heterocycles. The first-order chi connectivity index (χ1) is 9.97. The number of hydrogen-bond acceptors (Lipinski definition) is 2. The summed E-state index contributed by atoms with van der Waals surface area (Å²) in [6, 6.07) is 8.50. The van der Waals surface area contributed by atoms with E-state index in [0.29, 0.717) is 11.5 Å². The number of aryl methyl sites for hydroxylation is 1. The SMILES string of the molecule is COc1cc(C)c(C(Br)c2ccc(F)c(Cl)c2)cc1OC. The fraction of sp³-hybridized carbons (Fsp3) is 0.250. The standard InChI is InChI=1S/C16H15BrClFO2/c1-9-6-14(20-2)15(21-3)8-11(9)16(17)10-4-5-13(19)12(18)7-10/h4-8,16H,1-3H3. The van der Waals surface area contributed by atoms with Crippen LogP contribution in [-0.4, -0.2) is 14.2 Å². The molecule has 0 bridgehead atoms. The average Bonchev–Trinajstić information content (AvgIpc) is 2.49. The number of rotatable bonds is 4. The summed E-state index contributed by atoms with van der Waals surface area (Å²) in [5, 5.41) is 0.107. The molecule has 2 rings (SSSR count). The van der Waals surface area contributed by atoms with Crippen LogP contribution in [0.15, 0.2) is 30.3 Å². The lowest BCUT2D eigenvalue weighted by Gasteiger charge is -2.17. The fourth-order valence-corrected chi connectivity index (χ4v) is 3.09. The molecular weight excluding hydrogens is 359 g/mol.